The first-order valence-corrected chi connectivity index (χ1v) is 3.58. The van der Waals surface area contributed by atoms with E-state index in [-0.39, 0.29) is 0 Å². The second-order valence-corrected chi connectivity index (χ2v) is 2.73. The molecule has 0 bridgehead atoms. The minimum Gasteiger partial charge on any atom is -0.316 e. The molecule has 0 spiro atoms. The summed E-state index contributed by atoms with van der Waals surface area (Å²) in [6.45, 7) is 0.374. The van der Waals surface area contributed by atoms with E-state index >= 15 is 0 Å². The number of rotatable bonds is 2. The molecule has 4 nitrogen and oxygen atoms in total. The van der Waals surface area contributed by atoms with Gasteiger partial charge in [-0.25, -0.2) is 0 Å². The molecule has 5 heteroatoms. The van der Waals surface area contributed by atoms with Gasteiger partial charge >= 0.3 is 0 Å². The second-order valence-electron chi connectivity index (χ2n) is 1.92. The van der Waals surface area contributed by atoms with Crippen LogP contribution in [0.2, 0.25) is 0 Å². The van der Waals surface area contributed by atoms with Crippen LogP contribution in [0.5, 0.6) is 0 Å². The predicted octanol–water partition coefficient (Wildman–Crippen LogP) is 0.661. The van der Waals surface area contributed by atoms with E-state index in [2.05, 4.69) is 21.0 Å². The van der Waals surface area contributed by atoms with Gasteiger partial charge in [0.1, 0.15) is 4.60 Å². The van der Waals surface area contributed by atoms with E-state index in [1.165, 1.54) is 0 Å². The fraction of sp³-hybridized carbons (Fsp3) is 0.400. The first kappa shape index (κ1) is 7.71. The third kappa shape index (κ3) is 1.56. The number of halogens is 1. The maximum Gasteiger partial charge on any atom is 0.104 e. The molecule has 0 amide bonds. The summed E-state index contributed by atoms with van der Waals surface area (Å²) >= 11 is 3.28. The van der Waals surface area contributed by atoms with Crippen molar-refractivity contribution < 1.29 is 5.21 Å². The van der Waals surface area contributed by atoms with E-state index in [0.29, 0.717) is 6.54 Å². The third-order valence-corrected chi connectivity index (χ3v) is 1.88. The van der Waals surface area contributed by atoms with Crippen LogP contribution < -0.4 is 5.48 Å². The average Bonchev–Trinajstić information content (AvgIpc) is 2.14. The zero-order valence-electron chi connectivity index (χ0n) is 5.50. The minimum atomic E-state index is 0.374. The van der Waals surface area contributed by atoms with Crippen LogP contribution in [-0.4, -0.2) is 15.0 Å². The maximum absolute atomic E-state index is 8.31. The van der Waals surface area contributed by atoms with Crippen molar-refractivity contribution in [3.8, 4) is 0 Å². The molecule has 1 heterocycles. The molecule has 0 radical (unpaired) electrons. The molecule has 1 rings (SSSR count). The number of nitrogens with one attached hydrogen (secondary N) is 1. The molecule has 2 N–H and O–H groups in total. The summed E-state index contributed by atoms with van der Waals surface area (Å²) in [5.74, 6) is 0. The SMILES string of the molecule is Cn1nc(CNO)cc1Br. The molecule has 0 aliphatic rings. The highest BCUT2D eigenvalue weighted by molar-refractivity contribution is 9.10. The van der Waals surface area contributed by atoms with Crippen LogP contribution in [0.4, 0.5) is 0 Å². The van der Waals surface area contributed by atoms with Crippen molar-refractivity contribution in [2.75, 3.05) is 0 Å². The molecule has 0 atom stereocenters. The Bertz CT molecular complexity index is 203. The topological polar surface area (TPSA) is 50.1 Å². The fourth-order valence-electron chi connectivity index (χ4n) is 0.668. The van der Waals surface area contributed by atoms with Gasteiger partial charge in [0.25, 0.3) is 0 Å². The van der Waals surface area contributed by atoms with Crippen molar-refractivity contribution in [1.29, 1.82) is 0 Å². The highest BCUT2D eigenvalue weighted by atomic mass is 79.9. The predicted molar refractivity (Wildman–Crippen MR) is 39.5 cm³/mol. The van der Waals surface area contributed by atoms with Gasteiger partial charge in [-0.3, -0.25) is 4.68 Å². The van der Waals surface area contributed by atoms with Gasteiger partial charge in [-0.15, -0.1) is 0 Å². The van der Waals surface area contributed by atoms with Gasteiger partial charge in [0.15, 0.2) is 0 Å². The van der Waals surface area contributed by atoms with Crippen molar-refractivity contribution in [2.45, 2.75) is 6.54 Å². The number of hydroxylamine groups is 1. The number of hydrogen-bond acceptors (Lipinski definition) is 3. The van der Waals surface area contributed by atoms with E-state index in [4.69, 9.17) is 5.21 Å². The molecule has 56 valence electrons. The molecule has 0 aliphatic heterocycles. The normalized spacial score (nSPS) is 10.3. The van der Waals surface area contributed by atoms with Crippen LogP contribution in [0, 0.1) is 0 Å². The van der Waals surface area contributed by atoms with Crippen LogP contribution in [-0.2, 0) is 13.6 Å². The number of hydrogen-bond donors (Lipinski definition) is 2. The summed E-state index contributed by atoms with van der Waals surface area (Å²) in [4.78, 5) is 0. The zero-order valence-corrected chi connectivity index (χ0v) is 7.09. The Morgan fingerprint density at radius 1 is 1.90 bits per heavy atom. The van der Waals surface area contributed by atoms with Crippen molar-refractivity contribution in [3.05, 3.63) is 16.4 Å². The molecular formula is C5H8BrN3O. The van der Waals surface area contributed by atoms with Crippen LogP contribution in [0.15, 0.2) is 10.7 Å². The third-order valence-electron chi connectivity index (χ3n) is 1.13. The van der Waals surface area contributed by atoms with Gasteiger partial charge in [-0.2, -0.15) is 10.6 Å². The lowest BCUT2D eigenvalue weighted by atomic mass is 10.4. The Kier molecular flexibility index (Phi) is 2.42. The molecule has 0 aromatic carbocycles. The summed E-state index contributed by atoms with van der Waals surface area (Å²) in [6, 6.07) is 1.84. The van der Waals surface area contributed by atoms with Gasteiger partial charge in [-0.1, -0.05) is 0 Å². The van der Waals surface area contributed by atoms with E-state index in [1.54, 1.807) is 4.68 Å². The molecular weight excluding hydrogens is 198 g/mol. The molecule has 10 heavy (non-hydrogen) atoms. The van der Waals surface area contributed by atoms with Crippen LogP contribution in [0.1, 0.15) is 5.69 Å². The van der Waals surface area contributed by atoms with Crippen molar-refractivity contribution >= 4 is 15.9 Å². The minimum absolute atomic E-state index is 0.374. The van der Waals surface area contributed by atoms with Gasteiger partial charge in [0.2, 0.25) is 0 Å². The Morgan fingerprint density at radius 3 is 3.00 bits per heavy atom. The first-order chi connectivity index (χ1) is 4.74. The maximum atomic E-state index is 8.31. The fourth-order valence-corrected chi connectivity index (χ4v) is 1.01. The Morgan fingerprint density at radius 2 is 2.60 bits per heavy atom. The molecule has 0 unspecified atom stereocenters. The lowest BCUT2D eigenvalue weighted by Crippen LogP contribution is -2.06. The van der Waals surface area contributed by atoms with Crippen molar-refractivity contribution in [2.24, 2.45) is 7.05 Å². The van der Waals surface area contributed by atoms with E-state index in [1.807, 2.05) is 18.6 Å². The monoisotopic (exact) mass is 205 g/mol. The molecule has 0 aliphatic carbocycles. The summed E-state index contributed by atoms with van der Waals surface area (Å²) in [6.07, 6.45) is 0. The Labute approximate surface area is 66.9 Å². The quantitative estimate of drug-likeness (QED) is 0.699. The Balaban J connectivity index is 2.77. The molecule has 1 aromatic heterocycles. The lowest BCUT2D eigenvalue weighted by molar-refractivity contribution is 0.160. The van der Waals surface area contributed by atoms with E-state index in [0.717, 1.165) is 10.3 Å². The van der Waals surface area contributed by atoms with Gasteiger partial charge < -0.3 is 5.21 Å². The number of nitrogens with zero attached hydrogens (tertiary/aromatic N) is 2. The van der Waals surface area contributed by atoms with Crippen molar-refractivity contribution in [1.82, 2.24) is 15.3 Å². The molecule has 0 fully saturated rings. The molecule has 0 saturated carbocycles. The second kappa shape index (κ2) is 3.14. The van der Waals surface area contributed by atoms with Crippen molar-refractivity contribution in [3.63, 3.8) is 0 Å². The molecule has 0 saturated heterocycles. The van der Waals surface area contributed by atoms with Crippen LogP contribution in [0.25, 0.3) is 0 Å². The summed E-state index contributed by atoms with van der Waals surface area (Å²) < 4.78 is 2.59. The smallest absolute Gasteiger partial charge is 0.104 e. The van der Waals surface area contributed by atoms with Gasteiger partial charge in [-0.05, 0) is 22.0 Å². The number of aromatic nitrogens is 2. The van der Waals surface area contributed by atoms with Gasteiger partial charge in [0, 0.05) is 7.05 Å². The lowest BCUT2D eigenvalue weighted by Gasteiger charge is -1.89. The first-order valence-electron chi connectivity index (χ1n) is 2.79. The zero-order chi connectivity index (χ0) is 7.56. The van der Waals surface area contributed by atoms with E-state index < -0.39 is 0 Å². The summed E-state index contributed by atoms with van der Waals surface area (Å²) in [5, 5.41) is 12.4. The largest absolute Gasteiger partial charge is 0.316 e. The number of aryl methyl sites for hydroxylation is 1. The summed E-state index contributed by atoms with van der Waals surface area (Å²) in [5.41, 5.74) is 2.83. The summed E-state index contributed by atoms with van der Waals surface area (Å²) in [7, 11) is 1.82. The van der Waals surface area contributed by atoms with Crippen LogP contribution >= 0.6 is 15.9 Å². The highest BCUT2D eigenvalue weighted by Gasteiger charge is 1.99. The van der Waals surface area contributed by atoms with E-state index in [9.17, 15) is 0 Å². The Hall–Kier alpha value is -0.390. The molecule has 1 aromatic rings. The average molecular weight is 206 g/mol. The van der Waals surface area contributed by atoms with Gasteiger partial charge in [0.05, 0.1) is 12.2 Å². The van der Waals surface area contributed by atoms with Crippen LogP contribution in [0.3, 0.4) is 0 Å². The highest BCUT2D eigenvalue weighted by Crippen LogP contribution is 2.09. The standard InChI is InChI=1S/C5H8BrN3O/c1-9-5(6)2-4(8-9)3-7-10/h2,7,10H,3H2,1H3.